The monoisotopic (exact) mass is 270 g/mol. The summed E-state index contributed by atoms with van der Waals surface area (Å²) in [5, 5.41) is 3.09. The summed E-state index contributed by atoms with van der Waals surface area (Å²) in [5.74, 6) is 1.47. The molecule has 3 nitrogen and oxygen atoms in total. The number of rotatable bonds is 2. The minimum absolute atomic E-state index is 0.555. The number of hydrogen-bond acceptors (Lipinski definition) is 3. The van der Waals surface area contributed by atoms with Gasteiger partial charge in [-0.05, 0) is 40.9 Å². The molecule has 4 heteroatoms. The summed E-state index contributed by atoms with van der Waals surface area (Å²) >= 11 is 3.46. The highest BCUT2D eigenvalue weighted by Crippen LogP contribution is 2.28. The van der Waals surface area contributed by atoms with Crippen LogP contribution < -0.4 is 5.32 Å². The van der Waals surface area contributed by atoms with Crippen LogP contribution in [0.3, 0.4) is 0 Å². The molecule has 1 saturated heterocycles. The summed E-state index contributed by atoms with van der Waals surface area (Å²) in [4.78, 5) is 4.60. The quantitative estimate of drug-likeness (QED) is 0.898. The summed E-state index contributed by atoms with van der Waals surface area (Å²) in [6.07, 6.45) is 2.16. The van der Waals surface area contributed by atoms with E-state index in [0.717, 1.165) is 36.3 Å². The molecule has 0 aromatic carbocycles. The highest BCUT2D eigenvalue weighted by Gasteiger charge is 2.17. The maximum absolute atomic E-state index is 5.35. The number of pyridine rings is 1. The lowest BCUT2D eigenvalue weighted by Crippen LogP contribution is -2.15. The van der Waals surface area contributed by atoms with Crippen LogP contribution in [0.2, 0.25) is 0 Å². The molecule has 0 saturated carbocycles. The Balaban J connectivity index is 2.20. The molecule has 0 bridgehead atoms. The first kappa shape index (κ1) is 10.9. The van der Waals surface area contributed by atoms with E-state index in [-0.39, 0.29) is 0 Å². The number of anilines is 1. The number of nitrogens with zero attached hydrogens (tertiary/aromatic N) is 1. The van der Waals surface area contributed by atoms with Crippen molar-refractivity contribution in [1.82, 2.24) is 4.98 Å². The van der Waals surface area contributed by atoms with E-state index in [2.05, 4.69) is 38.4 Å². The Kier molecular flexibility index (Phi) is 3.59. The van der Waals surface area contributed by atoms with Gasteiger partial charge >= 0.3 is 0 Å². The van der Waals surface area contributed by atoms with Crippen LogP contribution in [-0.2, 0) is 4.74 Å². The molecule has 0 amide bonds. The van der Waals surface area contributed by atoms with E-state index in [9.17, 15) is 0 Å². The van der Waals surface area contributed by atoms with Gasteiger partial charge < -0.3 is 10.1 Å². The predicted molar refractivity (Wildman–Crippen MR) is 64.3 cm³/mol. The second-order valence-electron chi connectivity index (χ2n) is 3.70. The first-order valence-corrected chi connectivity index (χ1v) is 6.02. The molecule has 0 radical (unpaired) electrons. The zero-order valence-electron chi connectivity index (χ0n) is 8.79. The number of hydrogen-bond donors (Lipinski definition) is 1. The van der Waals surface area contributed by atoms with Gasteiger partial charge in [-0.1, -0.05) is 0 Å². The largest absolute Gasteiger partial charge is 0.381 e. The van der Waals surface area contributed by atoms with Crippen molar-refractivity contribution in [2.75, 3.05) is 25.6 Å². The summed E-state index contributed by atoms with van der Waals surface area (Å²) in [6, 6.07) is 4.16. The third-order valence-corrected chi connectivity index (χ3v) is 3.38. The number of halogens is 1. The molecular formula is C11H15BrN2O. The molecule has 1 N–H and O–H groups in total. The Morgan fingerprint density at radius 3 is 2.80 bits per heavy atom. The highest BCUT2D eigenvalue weighted by molar-refractivity contribution is 9.10. The maximum atomic E-state index is 5.35. The lowest BCUT2D eigenvalue weighted by Gasteiger charge is -2.22. The van der Waals surface area contributed by atoms with Gasteiger partial charge in [0.25, 0.3) is 0 Å². The fourth-order valence-electron chi connectivity index (χ4n) is 1.85. The van der Waals surface area contributed by atoms with Crippen LogP contribution in [0.25, 0.3) is 0 Å². The molecule has 0 aliphatic carbocycles. The average Bonchev–Trinajstić information content (AvgIpc) is 2.31. The molecule has 0 spiro atoms. The van der Waals surface area contributed by atoms with Crippen molar-refractivity contribution in [1.29, 1.82) is 0 Å². The van der Waals surface area contributed by atoms with Crippen LogP contribution in [0.15, 0.2) is 16.6 Å². The van der Waals surface area contributed by atoms with Gasteiger partial charge in [-0.3, -0.25) is 0 Å². The summed E-state index contributed by atoms with van der Waals surface area (Å²) in [7, 11) is 1.89. The second-order valence-corrected chi connectivity index (χ2v) is 4.56. The number of nitrogens with one attached hydrogen (secondary N) is 1. The van der Waals surface area contributed by atoms with Gasteiger partial charge in [0.1, 0.15) is 5.82 Å². The fourth-order valence-corrected chi connectivity index (χ4v) is 2.27. The zero-order chi connectivity index (χ0) is 10.7. The Bertz CT molecular complexity index is 337. The summed E-state index contributed by atoms with van der Waals surface area (Å²) in [6.45, 7) is 1.72. The molecule has 1 aromatic rings. The molecule has 2 rings (SSSR count). The van der Waals surface area contributed by atoms with Crippen LogP contribution in [0.1, 0.15) is 24.5 Å². The normalized spacial score (nSPS) is 17.7. The van der Waals surface area contributed by atoms with Crippen LogP contribution in [-0.4, -0.2) is 25.2 Å². The van der Waals surface area contributed by atoms with E-state index in [1.165, 1.54) is 5.69 Å². The minimum Gasteiger partial charge on any atom is -0.381 e. The van der Waals surface area contributed by atoms with Gasteiger partial charge in [0, 0.05) is 31.9 Å². The van der Waals surface area contributed by atoms with E-state index >= 15 is 0 Å². The van der Waals surface area contributed by atoms with Crippen LogP contribution >= 0.6 is 15.9 Å². The molecule has 15 heavy (non-hydrogen) atoms. The molecule has 82 valence electrons. The standard InChI is InChI=1S/C11H15BrN2O/c1-13-11-9(12)2-3-10(14-11)8-4-6-15-7-5-8/h2-3,8H,4-7H2,1H3,(H,13,14). The van der Waals surface area contributed by atoms with E-state index in [4.69, 9.17) is 4.74 Å². The van der Waals surface area contributed by atoms with Gasteiger partial charge in [0.2, 0.25) is 0 Å². The van der Waals surface area contributed by atoms with Gasteiger partial charge in [-0.25, -0.2) is 4.98 Å². The Morgan fingerprint density at radius 1 is 1.40 bits per heavy atom. The van der Waals surface area contributed by atoms with Crippen LogP contribution in [0.5, 0.6) is 0 Å². The summed E-state index contributed by atoms with van der Waals surface area (Å²) < 4.78 is 6.36. The first-order chi connectivity index (χ1) is 7.31. The van der Waals surface area contributed by atoms with Gasteiger partial charge in [-0.2, -0.15) is 0 Å². The molecule has 1 fully saturated rings. The number of ether oxygens (including phenoxy) is 1. The lowest BCUT2D eigenvalue weighted by molar-refractivity contribution is 0.0845. The van der Waals surface area contributed by atoms with Gasteiger partial charge in [0.05, 0.1) is 4.47 Å². The smallest absolute Gasteiger partial charge is 0.140 e. The summed E-state index contributed by atoms with van der Waals surface area (Å²) in [5.41, 5.74) is 1.17. The topological polar surface area (TPSA) is 34.2 Å². The molecular weight excluding hydrogens is 256 g/mol. The number of aromatic nitrogens is 1. The Labute approximate surface area is 98.4 Å². The minimum atomic E-state index is 0.555. The van der Waals surface area contributed by atoms with E-state index < -0.39 is 0 Å². The third-order valence-electron chi connectivity index (χ3n) is 2.74. The van der Waals surface area contributed by atoms with E-state index in [0.29, 0.717) is 5.92 Å². The van der Waals surface area contributed by atoms with Crippen LogP contribution in [0.4, 0.5) is 5.82 Å². The predicted octanol–water partition coefficient (Wildman–Crippen LogP) is 2.78. The Hall–Kier alpha value is -0.610. The Morgan fingerprint density at radius 2 is 2.13 bits per heavy atom. The van der Waals surface area contributed by atoms with Crippen molar-refractivity contribution in [3.63, 3.8) is 0 Å². The van der Waals surface area contributed by atoms with E-state index in [1.54, 1.807) is 0 Å². The average molecular weight is 271 g/mol. The van der Waals surface area contributed by atoms with Gasteiger partial charge in [0.15, 0.2) is 0 Å². The van der Waals surface area contributed by atoms with Crippen molar-refractivity contribution in [2.45, 2.75) is 18.8 Å². The van der Waals surface area contributed by atoms with Crippen molar-refractivity contribution >= 4 is 21.7 Å². The molecule has 1 aliphatic rings. The molecule has 0 unspecified atom stereocenters. The van der Waals surface area contributed by atoms with Crippen molar-refractivity contribution in [3.8, 4) is 0 Å². The first-order valence-electron chi connectivity index (χ1n) is 5.23. The zero-order valence-corrected chi connectivity index (χ0v) is 10.4. The molecule has 1 aromatic heterocycles. The van der Waals surface area contributed by atoms with E-state index in [1.807, 2.05) is 7.05 Å². The third kappa shape index (κ3) is 2.49. The van der Waals surface area contributed by atoms with Crippen LogP contribution in [0, 0.1) is 0 Å². The maximum Gasteiger partial charge on any atom is 0.140 e. The van der Waals surface area contributed by atoms with Crippen molar-refractivity contribution < 1.29 is 4.74 Å². The highest BCUT2D eigenvalue weighted by atomic mass is 79.9. The van der Waals surface area contributed by atoms with Crippen molar-refractivity contribution in [2.24, 2.45) is 0 Å². The molecule has 1 aliphatic heterocycles. The molecule has 0 atom stereocenters. The SMILES string of the molecule is CNc1nc(C2CCOCC2)ccc1Br. The fraction of sp³-hybridized carbons (Fsp3) is 0.545. The van der Waals surface area contributed by atoms with Crippen molar-refractivity contribution in [3.05, 3.63) is 22.3 Å². The van der Waals surface area contributed by atoms with Gasteiger partial charge in [-0.15, -0.1) is 0 Å². The lowest BCUT2D eigenvalue weighted by atomic mass is 9.96. The second kappa shape index (κ2) is 4.94. The molecule has 2 heterocycles.